The van der Waals surface area contributed by atoms with Gasteiger partial charge in [0, 0.05) is 41.4 Å². The molecule has 0 aliphatic heterocycles. The molecule has 2 aliphatic carbocycles. The third kappa shape index (κ3) is 4.25. The summed E-state index contributed by atoms with van der Waals surface area (Å²) in [6, 6.07) is 14.8. The SMILES string of the molecule is O=C(Nc1cc2cn(C3CCC(O)CC3)nc2cc1-c1ccccn1)c1cccc(C2CC2)[n+]1[O-]. The van der Waals surface area contributed by atoms with Crippen LogP contribution in [0.2, 0.25) is 0 Å². The molecular weight excluding hydrogens is 442 g/mol. The van der Waals surface area contributed by atoms with E-state index in [2.05, 4.69) is 10.3 Å². The highest BCUT2D eigenvalue weighted by molar-refractivity contribution is 6.06. The van der Waals surface area contributed by atoms with Gasteiger partial charge in [-0.05, 0) is 68.9 Å². The van der Waals surface area contributed by atoms with Crippen molar-refractivity contribution in [3.8, 4) is 11.3 Å². The lowest BCUT2D eigenvalue weighted by Gasteiger charge is -2.25. The van der Waals surface area contributed by atoms with E-state index in [1.165, 1.54) is 0 Å². The molecule has 0 saturated heterocycles. The molecule has 6 rings (SSSR count). The van der Waals surface area contributed by atoms with Gasteiger partial charge < -0.3 is 15.6 Å². The van der Waals surface area contributed by atoms with Crippen LogP contribution in [0.4, 0.5) is 5.69 Å². The highest BCUT2D eigenvalue weighted by Gasteiger charge is 2.33. The van der Waals surface area contributed by atoms with Gasteiger partial charge in [-0.2, -0.15) is 9.83 Å². The predicted octanol–water partition coefficient (Wildman–Crippen LogP) is 4.34. The van der Waals surface area contributed by atoms with Crippen LogP contribution < -0.4 is 10.0 Å². The summed E-state index contributed by atoms with van der Waals surface area (Å²) < 4.78 is 2.75. The number of benzene rings is 1. The van der Waals surface area contributed by atoms with Crippen molar-refractivity contribution in [1.82, 2.24) is 14.8 Å². The number of hydrogen-bond acceptors (Lipinski definition) is 5. The Balaban J connectivity index is 1.38. The van der Waals surface area contributed by atoms with E-state index in [4.69, 9.17) is 5.10 Å². The topological polar surface area (TPSA) is 107 Å². The van der Waals surface area contributed by atoms with E-state index in [-0.39, 0.29) is 23.8 Å². The van der Waals surface area contributed by atoms with Crippen LogP contribution in [0.25, 0.3) is 22.2 Å². The van der Waals surface area contributed by atoms with Crippen LogP contribution in [-0.4, -0.2) is 31.9 Å². The minimum absolute atomic E-state index is 0.0814. The number of carbonyl (C=O) groups excluding carboxylic acids is 1. The van der Waals surface area contributed by atoms with E-state index in [0.717, 1.165) is 59.7 Å². The van der Waals surface area contributed by atoms with E-state index in [9.17, 15) is 15.1 Å². The molecule has 4 aromatic rings. The molecule has 1 aromatic carbocycles. The lowest BCUT2D eigenvalue weighted by molar-refractivity contribution is -0.616. The van der Waals surface area contributed by atoms with E-state index in [1.807, 2.05) is 41.2 Å². The minimum atomic E-state index is -0.451. The van der Waals surface area contributed by atoms with Crippen molar-refractivity contribution >= 4 is 22.5 Å². The Labute approximate surface area is 202 Å². The number of hydrogen-bond donors (Lipinski definition) is 2. The quantitative estimate of drug-likeness (QED) is 0.334. The largest absolute Gasteiger partial charge is 0.618 e. The van der Waals surface area contributed by atoms with Crippen molar-refractivity contribution in [2.75, 3.05) is 5.32 Å². The normalized spacial score (nSPS) is 20.1. The zero-order valence-corrected chi connectivity index (χ0v) is 19.3. The van der Waals surface area contributed by atoms with Crippen LogP contribution in [0.15, 0.2) is 60.9 Å². The first kappa shape index (κ1) is 21.7. The number of nitrogens with one attached hydrogen (secondary N) is 1. The first-order valence-electron chi connectivity index (χ1n) is 12.2. The maximum atomic E-state index is 13.2. The van der Waals surface area contributed by atoms with Crippen molar-refractivity contribution in [3.63, 3.8) is 0 Å². The Morgan fingerprint density at radius 3 is 2.63 bits per heavy atom. The summed E-state index contributed by atoms with van der Waals surface area (Å²) in [4.78, 5) is 17.7. The van der Waals surface area contributed by atoms with Crippen molar-refractivity contribution in [2.45, 2.75) is 56.6 Å². The van der Waals surface area contributed by atoms with E-state index in [1.54, 1.807) is 24.4 Å². The molecular formula is C27H27N5O3. The molecule has 0 bridgehead atoms. The average molecular weight is 470 g/mol. The zero-order chi connectivity index (χ0) is 23.9. The molecule has 3 aromatic heterocycles. The predicted molar refractivity (Wildman–Crippen MR) is 132 cm³/mol. The molecule has 2 N–H and O–H groups in total. The molecule has 2 saturated carbocycles. The summed E-state index contributed by atoms with van der Waals surface area (Å²) in [7, 11) is 0. The van der Waals surface area contributed by atoms with Gasteiger partial charge in [0.2, 0.25) is 0 Å². The molecule has 1 amide bonds. The Morgan fingerprint density at radius 1 is 1.06 bits per heavy atom. The molecule has 0 spiro atoms. The summed E-state index contributed by atoms with van der Waals surface area (Å²) in [5.41, 5.74) is 3.57. The monoisotopic (exact) mass is 469 g/mol. The fourth-order valence-electron chi connectivity index (χ4n) is 4.99. The summed E-state index contributed by atoms with van der Waals surface area (Å²) >= 11 is 0. The maximum Gasteiger partial charge on any atom is 0.321 e. The summed E-state index contributed by atoms with van der Waals surface area (Å²) in [6.07, 6.45) is 8.76. The van der Waals surface area contributed by atoms with E-state index < -0.39 is 5.91 Å². The molecule has 2 fully saturated rings. The lowest BCUT2D eigenvalue weighted by atomic mass is 9.93. The van der Waals surface area contributed by atoms with Gasteiger partial charge in [0.05, 0.1) is 29.0 Å². The third-order valence-corrected chi connectivity index (χ3v) is 7.09. The first-order chi connectivity index (χ1) is 17.1. The third-order valence-electron chi connectivity index (χ3n) is 7.09. The van der Waals surface area contributed by atoms with Gasteiger partial charge in [0.25, 0.3) is 5.69 Å². The van der Waals surface area contributed by atoms with Gasteiger partial charge in [-0.3, -0.25) is 14.5 Å². The van der Waals surface area contributed by atoms with Gasteiger partial charge in [-0.15, -0.1) is 0 Å². The molecule has 0 atom stereocenters. The highest BCUT2D eigenvalue weighted by atomic mass is 16.5. The summed E-state index contributed by atoms with van der Waals surface area (Å²) in [5.74, 6) is -0.208. The molecule has 0 radical (unpaired) electrons. The number of carbonyl (C=O) groups is 1. The fraction of sp³-hybridized carbons (Fsp3) is 0.333. The van der Waals surface area contributed by atoms with Gasteiger partial charge in [0.1, 0.15) is 0 Å². The van der Waals surface area contributed by atoms with Crippen LogP contribution >= 0.6 is 0 Å². The number of pyridine rings is 2. The van der Waals surface area contributed by atoms with Crippen molar-refractivity contribution < 1.29 is 14.6 Å². The Kier molecular flexibility index (Phi) is 5.45. The standard InChI is InChI=1S/C27H27N5O3/c33-20-11-9-19(10-12-20)31-16-18-14-24(21(15-23(18)30-31)22-4-1-2-13-28-22)29-27(34)26-6-3-5-25(32(26)35)17-7-8-17/h1-6,13-17,19-20,33H,7-12H2,(H,29,34). The summed E-state index contributed by atoms with van der Waals surface area (Å²) in [6.45, 7) is 0. The molecule has 178 valence electrons. The van der Waals surface area contributed by atoms with Crippen molar-refractivity contribution in [1.29, 1.82) is 0 Å². The Morgan fingerprint density at radius 2 is 1.89 bits per heavy atom. The zero-order valence-electron chi connectivity index (χ0n) is 19.3. The van der Waals surface area contributed by atoms with Crippen LogP contribution in [0.1, 0.15) is 66.7 Å². The number of anilines is 1. The Hall–Kier alpha value is -3.78. The number of aromatic nitrogens is 4. The maximum absolute atomic E-state index is 13.2. The van der Waals surface area contributed by atoms with Gasteiger partial charge in [0.15, 0.2) is 5.69 Å². The van der Waals surface area contributed by atoms with Crippen LogP contribution in [-0.2, 0) is 0 Å². The van der Waals surface area contributed by atoms with Crippen molar-refractivity contribution in [3.05, 3.63) is 77.5 Å². The number of fused-ring (bicyclic) bond motifs is 1. The summed E-state index contributed by atoms with van der Waals surface area (Å²) in [5, 5.41) is 31.4. The minimum Gasteiger partial charge on any atom is -0.618 e. The van der Waals surface area contributed by atoms with Crippen LogP contribution in [0, 0.1) is 5.21 Å². The highest BCUT2D eigenvalue weighted by Crippen LogP contribution is 2.38. The number of rotatable bonds is 5. The van der Waals surface area contributed by atoms with E-state index in [0.29, 0.717) is 17.1 Å². The van der Waals surface area contributed by atoms with Crippen molar-refractivity contribution in [2.24, 2.45) is 0 Å². The lowest BCUT2D eigenvalue weighted by Crippen LogP contribution is -2.40. The number of aliphatic hydroxyl groups excluding tert-OH is 1. The molecule has 8 nitrogen and oxygen atoms in total. The molecule has 0 unspecified atom stereocenters. The molecule has 3 heterocycles. The van der Waals surface area contributed by atoms with Crippen LogP contribution in [0.5, 0.6) is 0 Å². The number of aliphatic hydroxyl groups is 1. The first-order valence-corrected chi connectivity index (χ1v) is 12.2. The van der Waals surface area contributed by atoms with Gasteiger partial charge in [-0.1, -0.05) is 6.07 Å². The second-order valence-corrected chi connectivity index (χ2v) is 9.60. The van der Waals surface area contributed by atoms with Crippen LogP contribution in [0.3, 0.4) is 0 Å². The number of amides is 1. The fourth-order valence-corrected chi connectivity index (χ4v) is 4.99. The smallest absolute Gasteiger partial charge is 0.321 e. The number of nitrogens with zero attached hydrogens (tertiary/aromatic N) is 4. The Bertz CT molecular complexity index is 1390. The van der Waals surface area contributed by atoms with Gasteiger partial charge >= 0.3 is 5.91 Å². The second-order valence-electron chi connectivity index (χ2n) is 9.60. The second kappa shape index (κ2) is 8.78. The molecule has 35 heavy (non-hydrogen) atoms. The molecule has 8 heteroatoms. The average Bonchev–Trinajstić information content (AvgIpc) is 3.63. The van der Waals surface area contributed by atoms with E-state index >= 15 is 0 Å². The molecule has 2 aliphatic rings. The van der Waals surface area contributed by atoms with Gasteiger partial charge in [-0.25, -0.2) is 0 Å².